The lowest BCUT2D eigenvalue weighted by Crippen LogP contribution is -2.33. The van der Waals surface area contributed by atoms with Crippen molar-refractivity contribution in [2.75, 3.05) is 16.8 Å². The van der Waals surface area contributed by atoms with Crippen LogP contribution in [0.5, 0.6) is 0 Å². The summed E-state index contributed by atoms with van der Waals surface area (Å²) in [5.74, 6) is -5.53. The van der Waals surface area contributed by atoms with E-state index in [2.05, 4.69) is 10.4 Å². The van der Waals surface area contributed by atoms with E-state index < -0.39 is 35.6 Å². The fourth-order valence-electron chi connectivity index (χ4n) is 4.62. The van der Waals surface area contributed by atoms with Crippen LogP contribution in [0.25, 0.3) is 11.3 Å². The highest BCUT2D eigenvalue weighted by Crippen LogP contribution is 2.43. The van der Waals surface area contributed by atoms with Crippen LogP contribution in [0.4, 0.5) is 20.2 Å². The second-order valence-corrected chi connectivity index (χ2v) is 9.89. The van der Waals surface area contributed by atoms with Gasteiger partial charge in [-0.3, -0.25) is 14.4 Å². The minimum absolute atomic E-state index is 0.0316. The number of carbonyl (C=O) groups excluding carboxylic acids is 3. The molecular formula is C30H24ClF2N5O3. The first kappa shape index (κ1) is 27.7. The highest BCUT2D eigenvalue weighted by Gasteiger charge is 2.41. The predicted octanol–water partition coefficient (Wildman–Crippen LogP) is 5.64. The molecule has 0 atom stereocenters. The van der Waals surface area contributed by atoms with Crippen molar-refractivity contribution in [3.05, 3.63) is 112 Å². The fraction of sp³-hybridized carbons (Fsp3) is 0.133. The summed E-state index contributed by atoms with van der Waals surface area (Å²) < 4.78 is 32.7. The van der Waals surface area contributed by atoms with Crippen LogP contribution in [0.15, 0.2) is 85.1 Å². The van der Waals surface area contributed by atoms with Gasteiger partial charge in [-0.15, -0.1) is 0 Å². The smallest absolute Gasteiger partial charge is 0.275 e. The zero-order valence-electron chi connectivity index (χ0n) is 21.8. The van der Waals surface area contributed by atoms with Crippen molar-refractivity contribution in [2.45, 2.75) is 19.3 Å². The first-order valence-corrected chi connectivity index (χ1v) is 13.0. The topological polar surface area (TPSA) is 110 Å². The van der Waals surface area contributed by atoms with Gasteiger partial charge in [-0.1, -0.05) is 35.9 Å². The molecule has 2 heterocycles. The molecule has 0 unspecified atom stereocenters. The third-order valence-corrected chi connectivity index (χ3v) is 6.95. The zero-order chi connectivity index (χ0) is 29.3. The summed E-state index contributed by atoms with van der Waals surface area (Å²) in [5, 5.41) is 6.98. The first-order valence-electron chi connectivity index (χ1n) is 12.6. The number of rotatable bonds is 5. The van der Waals surface area contributed by atoms with E-state index in [9.17, 15) is 14.4 Å². The molecule has 3 amide bonds. The summed E-state index contributed by atoms with van der Waals surface area (Å²) in [6.07, 6.45) is 1.84. The molecule has 0 aliphatic carbocycles. The molecule has 0 spiro atoms. The van der Waals surface area contributed by atoms with Crippen molar-refractivity contribution in [3.8, 4) is 5.69 Å². The second kappa shape index (κ2) is 11.0. The minimum Gasteiger partial charge on any atom is -0.366 e. The molecule has 0 bridgehead atoms. The molecule has 3 N–H and O–H groups in total. The Morgan fingerprint density at radius 1 is 1.05 bits per heavy atom. The summed E-state index contributed by atoms with van der Waals surface area (Å²) in [5.41, 5.74) is 6.94. The van der Waals surface area contributed by atoms with E-state index in [-0.39, 0.29) is 39.6 Å². The standard InChI is InChI=1S/C30H24ClF2N5O3/c1-18-11-13-38(36-18)21-9-10-23(25(31)16-21)29(41)37-14-12-30(32,33)24(22-7-2-3-8-26(22)37)17-27(39)35-20-6-4-5-19(15-20)28(34)40/h2-11,13,15-17H,12,14H2,1H3,(H2,34,40)(H,35,39)/b24-17-. The Balaban J connectivity index is 1.48. The number of halogens is 3. The molecule has 41 heavy (non-hydrogen) atoms. The third kappa shape index (κ3) is 5.73. The molecule has 1 aromatic heterocycles. The van der Waals surface area contributed by atoms with Crippen molar-refractivity contribution in [3.63, 3.8) is 0 Å². The summed E-state index contributed by atoms with van der Waals surface area (Å²) in [7, 11) is 0. The first-order chi connectivity index (χ1) is 19.5. The van der Waals surface area contributed by atoms with E-state index >= 15 is 8.78 Å². The van der Waals surface area contributed by atoms with Crippen LogP contribution in [-0.2, 0) is 4.79 Å². The summed E-state index contributed by atoms with van der Waals surface area (Å²) in [4.78, 5) is 39.3. The number of aryl methyl sites for hydroxylation is 1. The van der Waals surface area contributed by atoms with Gasteiger partial charge in [0.15, 0.2) is 0 Å². The monoisotopic (exact) mass is 575 g/mol. The van der Waals surface area contributed by atoms with Crippen LogP contribution in [0.1, 0.15) is 38.4 Å². The van der Waals surface area contributed by atoms with Crippen LogP contribution < -0.4 is 16.0 Å². The van der Waals surface area contributed by atoms with Gasteiger partial charge in [0, 0.05) is 47.6 Å². The number of para-hydroxylation sites is 1. The number of benzene rings is 3. The average Bonchev–Trinajstić information content (AvgIpc) is 3.34. The Bertz CT molecular complexity index is 1720. The Labute approximate surface area is 239 Å². The summed E-state index contributed by atoms with van der Waals surface area (Å²) in [6, 6.07) is 18.6. The Kier molecular flexibility index (Phi) is 7.42. The van der Waals surface area contributed by atoms with E-state index in [1.54, 1.807) is 41.2 Å². The van der Waals surface area contributed by atoms with Crippen molar-refractivity contribution in [1.29, 1.82) is 0 Å². The van der Waals surface area contributed by atoms with E-state index in [1.807, 2.05) is 13.0 Å². The van der Waals surface area contributed by atoms with Gasteiger partial charge in [0.1, 0.15) is 0 Å². The van der Waals surface area contributed by atoms with Gasteiger partial charge in [-0.25, -0.2) is 13.5 Å². The lowest BCUT2D eigenvalue weighted by molar-refractivity contribution is -0.112. The molecule has 208 valence electrons. The molecule has 4 aromatic rings. The molecular weight excluding hydrogens is 552 g/mol. The second-order valence-electron chi connectivity index (χ2n) is 9.49. The van der Waals surface area contributed by atoms with Crippen molar-refractivity contribution in [1.82, 2.24) is 9.78 Å². The van der Waals surface area contributed by atoms with E-state index in [0.29, 0.717) is 5.69 Å². The van der Waals surface area contributed by atoms with Gasteiger partial charge < -0.3 is 16.0 Å². The largest absolute Gasteiger partial charge is 0.366 e. The number of fused-ring (bicyclic) bond motifs is 1. The van der Waals surface area contributed by atoms with Gasteiger partial charge in [0.05, 0.1) is 27.7 Å². The third-order valence-electron chi connectivity index (χ3n) is 6.63. The number of anilines is 2. The number of nitrogens with one attached hydrogen (secondary N) is 1. The number of carbonyl (C=O) groups is 3. The SMILES string of the molecule is Cc1ccn(-c2ccc(C(=O)N3CCC(F)(F)/C(=C\C(=O)Nc4cccc(C(N)=O)c4)c4ccccc43)c(Cl)c2)n1. The molecule has 1 aliphatic heterocycles. The van der Waals surface area contributed by atoms with Crippen molar-refractivity contribution in [2.24, 2.45) is 5.73 Å². The Morgan fingerprint density at radius 2 is 1.83 bits per heavy atom. The number of nitrogens with two attached hydrogens (primary N) is 1. The van der Waals surface area contributed by atoms with Gasteiger partial charge in [-0.2, -0.15) is 5.10 Å². The zero-order valence-corrected chi connectivity index (χ0v) is 22.5. The quantitative estimate of drug-likeness (QED) is 0.300. The van der Waals surface area contributed by atoms with Gasteiger partial charge in [0.25, 0.3) is 11.8 Å². The number of aromatic nitrogens is 2. The minimum atomic E-state index is -3.44. The fourth-order valence-corrected chi connectivity index (χ4v) is 4.87. The highest BCUT2D eigenvalue weighted by molar-refractivity contribution is 6.34. The number of hydrogen-bond acceptors (Lipinski definition) is 4. The molecule has 3 aromatic carbocycles. The Hall–Kier alpha value is -4.83. The van der Waals surface area contributed by atoms with Crippen LogP contribution in [0, 0.1) is 6.92 Å². The maximum Gasteiger partial charge on any atom is 0.275 e. The molecule has 0 saturated carbocycles. The van der Waals surface area contributed by atoms with E-state index in [4.69, 9.17) is 17.3 Å². The van der Waals surface area contributed by atoms with Crippen molar-refractivity contribution >= 4 is 46.3 Å². The lowest BCUT2D eigenvalue weighted by atomic mass is 9.97. The molecule has 11 heteroatoms. The Morgan fingerprint density at radius 3 is 2.54 bits per heavy atom. The number of allylic oxidation sites excluding steroid dienone is 1. The maximum absolute atomic E-state index is 15.6. The summed E-state index contributed by atoms with van der Waals surface area (Å²) in [6.45, 7) is 1.52. The van der Waals surface area contributed by atoms with Crippen LogP contribution in [-0.4, -0.2) is 40.0 Å². The molecule has 1 aliphatic rings. The highest BCUT2D eigenvalue weighted by atomic mass is 35.5. The number of primary amides is 1. The maximum atomic E-state index is 15.6. The molecule has 8 nitrogen and oxygen atoms in total. The van der Waals surface area contributed by atoms with Crippen LogP contribution in [0.2, 0.25) is 5.02 Å². The average molecular weight is 576 g/mol. The predicted molar refractivity (Wildman–Crippen MR) is 153 cm³/mol. The molecule has 5 rings (SSSR count). The number of hydrogen-bond donors (Lipinski definition) is 2. The van der Waals surface area contributed by atoms with E-state index in [0.717, 1.165) is 11.8 Å². The summed E-state index contributed by atoms with van der Waals surface area (Å²) >= 11 is 6.50. The van der Waals surface area contributed by atoms with Crippen LogP contribution >= 0.6 is 11.6 Å². The molecule has 0 fully saturated rings. The molecule has 0 radical (unpaired) electrons. The number of alkyl halides is 2. The van der Waals surface area contributed by atoms with E-state index in [1.165, 1.54) is 41.3 Å². The number of amides is 3. The van der Waals surface area contributed by atoms with Gasteiger partial charge in [0.2, 0.25) is 11.8 Å². The van der Waals surface area contributed by atoms with Gasteiger partial charge in [-0.05, 0) is 55.5 Å². The van der Waals surface area contributed by atoms with Gasteiger partial charge >= 0.3 is 0 Å². The lowest BCUT2D eigenvalue weighted by Gasteiger charge is -2.23. The normalized spacial score (nSPS) is 15.2. The molecule has 0 saturated heterocycles. The van der Waals surface area contributed by atoms with Crippen LogP contribution in [0.3, 0.4) is 0 Å². The number of nitrogens with zero attached hydrogens (tertiary/aromatic N) is 3. The van der Waals surface area contributed by atoms with Crippen molar-refractivity contribution < 1.29 is 23.2 Å².